The fraction of sp³-hybridized carbons (Fsp3) is 0.200. The van der Waals surface area contributed by atoms with Crippen molar-refractivity contribution in [3.8, 4) is 0 Å². The van der Waals surface area contributed by atoms with E-state index in [4.69, 9.17) is 0 Å². The zero-order chi connectivity index (χ0) is 17.8. The van der Waals surface area contributed by atoms with Gasteiger partial charge in [-0.15, -0.1) is 0 Å². The van der Waals surface area contributed by atoms with E-state index in [1.807, 2.05) is 36.5 Å². The molecule has 0 saturated heterocycles. The summed E-state index contributed by atoms with van der Waals surface area (Å²) >= 11 is 0. The Morgan fingerprint density at radius 1 is 1.04 bits per heavy atom. The Bertz CT molecular complexity index is 884. The number of H-pyrrole nitrogens is 1. The number of para-hydroxylation sites is 1. The largest absolute Gasteiger partial charge is 0.361 e. The molecular weight excluding hydrogens is 314 g/mol. The highest BCUT2D eigenvalue weighted by Gasteiger charge is 2.24. The van der Waals surface area contributed by atoms with Gasteiger partial charge in [-0.3, -0.25) is 9.59 Å². The molecule has 128 valence electrons. The Balaban J connectivity index is 1.85. The Kier molecular flexibility index (Phi) is 4.84. The van der Waals surface area contributed by atoms with E-state index >= 15 is 0 Å². The van der Waals surface area contributed by atoms with Crippen LogP contribution in [0.1, 0.15) is 15.9 Å². The van der Waals surface area contributed by atoms with Gasteiger partial charge < -0.3 is 15.2 Å². The Hall–Kier alpha value is -3.08. The summed E-state index contributed by atoms with van der Waals surface area (Å²) in [5.74, 6) is -0.379. The fourth-order valence-corrected chi connectivity index (χ4v) is 2.86. The number of amides is 2. The van der Waals surface area contributed by atoms with Crippen molar-refractivity contribution in [2.24, 2.45) is 0 Å². The first-order chi connectivity index (χ1) is 12.1. The van der Waals surface area contributed by atoms with Crippen molar-refractivity contribution in [1.82, 2.24) is 15.2 Å². The van der Waals surface area contributed by atoms with Crippen LogP contribution in [0.25, 0.3) is 10.9 Å². The zero-order valence-electron chi connectivity index (χ0n) is 14.3. The SMILES string of the molecule is CN(C)C(=O)C(Cc1c[nH]c2ccccc12)NC(=O)c1ccccc1. The van der Waals surface area contributed by atoms with Gasteiger partial charge >= 0.3 is 0 Å². The van der Waals surface area contributed by atoms with Crippen molar-refractivity contribution in [2.45, 2.75) is 12.5 Å². The minimum Gasteiger partial charge on any atom is -0.361 e. The highest BCUT2D eigenvalue weighted by Crippen LogP contribution is 2.19. The highest BCUT2D eigenvalue weighted by atomic mass is 16.2. The molecule has 5 nitrogen and oxygen atoms in total. The van der Waals surface area contributed by atoms with Crippen LogP contribution in [0.4, 0.5) is 0 Å². The number of aromatic amines is 1. The molecular formula is C20H21N3O2. The zero-order valence-corrected chi connectivity index (χ0v) is 14.3. The van der Waals surface area contributed by atoms with Gasteiger partial charge in [0.2, 0.25) is 5.91 Å². The summed E-state index contributed by atoms with van der Waals surface area (Å²) in [6.07, 6.45) is 2.33. The molecule has 25 heavy (non-hydrogen) atoms. The summed E-state index contributed by atoms with van der Waals surface area (Å²) in [7, 11) is 3.39. The second-order valence-corrected chi connectivity index (χ2v) is 6.19. The molecule has 1 aromatic heterocycles. The quantitative estimate of drug-likeness (QED) is 0.753. The standard InChI is InChI=1S/C20H21N3O2/c1-23(2)20(25)18(22-19(24)14-8-4-3-5-9-14)12-15-13-21-17-11-7-6-10-16(15)17/h3-11,13,18,21H,12H2,1-2H3,(H,22,24). The predicted molar refractivity (Wildman–Crippen MR) is 98.4 cm³/mol. The van der Waals surface area contributed by atoms with E-state index in [9.17, 15) is 9.59 Å². The van der Waals surface area contributed by atoms with Crippen LogP contribution < -0.4 is 5.32 Å². The smallest absolute Gasteiger partial charge is 0.251 e. The number of hydrogen-bond acceptors (Lipinski definition) is 2. The first kappa shape index (κ1) is 16.8. The molecule has 0 bridgehead atoms. The lowest BCUT2D eigenvalue weighted by Gasteiger charge is -2.21. The predicted octanol–water partition coefficient (Wildman–Crippen LogP) is 2.60. The van der Waals surface area contributed by atoms with Gasteiger partial charge in [0, 0.05) is 43.2 Å². The molecule has 0 fully saturated rings. The lowest BCUT2D eigenvalue weighted by atomic mass is 10.0. The van der Waals surface area contributed by atoms with Crippen LogP contribution in [-0.4, -0.2) is 41.8 Å². The van der Waals surface area contributed by atoms with Crippen LogP contribution in [0, 0.1) is 0 Å². The average molecular weight is 335 g/mol. The van der Waals surface area contributed by atoms with Gasteiger partial charge in [0.25, 0.3) is 5.91 Å². The van der Waals surface area contributed by atoms with E-state index in [2.05, 4.69) is 10.3 Å². The van der Waals surface area contributed by atoms with E-state index < -0.39 is 6.04 Å². The van der Waals surface area contributed by atoms with Crippen LogP contribution in [-0.2, 0) is 11.2 Å². The van der Waals surface area contributed by atoms with Crippen LogP contribution in [0.5, 0.6) is 0 Å². The fourth-order valence-electron chi connectivity index (χ4n) is 2.86. The number of hydrogen-bond donors (Lipinski definition) is 2. The normalized spacial score (nSPS) is 11.9. The number of carbonyl (C=O) groups excluding carboxylic acids is 2. The lowest BCUT2D eigenvalue weighted by molar-refractivity contribution is -0.130. The molecule has 0 aliphatic heterocycles. The number of fused-ring (bicyclic) bond motifs is 1. The summed E-state index contributed by atoms with van der Waals surface area (Å²) in [6.45, 7) is 0. The monoisotopic (exact) mass is 335 g/mol. The topological polar surface area (TPSA) is 65.2 Å². The van der Waals surface area contributed by atoms with Crippen molar-refractivity contribution in [1.29, 1.82) is 0 Å². The van der Waals surface area contributed by atoms with E-state index in [0.29, 0.717) is 12.0 Å². The molecule has 3 rings (SSSR count). The van der Waals surface area contributed by atoms with Crippen LogP contribution in [0.2, 0.25) is 0 Å². The van der Waals surface area contributed by atoms with Crippen molar-refractivity contribution >= 4 is 22.7 Å². The molecule has 2 aromatic carbocycles. The van der Waals surface area contributed by atoms with Crippen molar-refractivity contribution in [3.05, 3.63) is 71.9 Å². The van der Waals surface area contributed by atoms with E-state index in [1.165, 1.54) is 4.90 Å². The van der Waals surface area contributed by atoms with Gasteiger partial charge in [-0.05, 0) is 23.8 Å². The summed E-state index contributed by atoms with van der Waals surface area (Å²) in [5, 5.41) is 3.94. The first-order valence-electron chi connectivity index (χ1n) is 8.18. The first-order valence-corrected chi connectivity index (χ1v) is 8.18. The molecule has 1 heterocycles. The molecule has 0 spiro atoms. The molecule has 5 heteroatoms. The number of likely N-dealkylation sites (N-methyl/N-ethyl adjacent to an activating group) is 1. The van der Waals surface area contributed by atoms with E-state index in [0.717, 1.165) is 16.5 Å². The highest BCUT2D eigenvalue weighted by molar-refractivity contribution is 5.97. The summed E-state index contributed by atoms with van der Waals surface area (Å²) in [4.78, 5) is 29.8. The Morgan fingerprint density at radius 3 is 2.44 bits per heavy atom. The molecule has 0 radical (unpaired) electrons. The van der Waals surface area contributed by atoms with Crippen LogP contribution >= 0.6 is 0 Å². The number of nitrogens with zero attached hydrogens (tertiary/aromatic N) is 1. The molecule has 0 saturated carbocycles. The third-order valence-electron chi connectivity index (χ3n) is 4.18. The molecule has 1 atom stereocenters. The van der Waals surface area contributed by atoms with Crippen LogP contribution in [0.3, 0.4) is 0 Å². The van der Waals surface area contributed by atoms with E-state index in [1.54, 1.807) is 38.4 Å². The second-order valence-electron chi connectivity index (χ2n) is 6.19. The maximum Gasteiger partial charge on any atom is 0.251 e. The van der Waals surface area contributed by atoms with Gasteiger partial charge in [0.1, 0.15) is 6.04 Å². The maximum atomic E-state index is 12.6. The maximum absolute atomic E-state index is 12.6. The summed E-state index contributed by atoms with van der Waals surface area (Å²) in [5.41, 5.74) is 2.56. The van der Waals surface area contributed by atoms with Crippen molar-refractivity contribution in [2.75, 3.05) is 14.1 Å². The number of benzene rings is 2. The number of carbonyl (C=O) groups is 2. The summed E-state index contributed by atoms with van der Waals surface area (Å²) < 4.78 is 0. The molecule has 0 aliphatic rings. The Morgan fingerprint density at radius 2 is 1.72 bits per heavy atom. The third kappa shape index (κ3) is 3.71. The number of aromatic nitrogens is 1. The van der Waals surface area contributed by atoms with Gasteiger partial charge in [-0.25, -0.2) is 0 Å². The molecule has 3 aromatic rings. The van der Waals surface area contributed by atoms with Crippen molar-refractivity contribution < 1.29 is 9.59 Å². The minimum atomic E-state index is -0.623. The van der Waals surface area contributed by atoms with Gasteiger partial charge in [-0.1, -0.05) is 36.4 Å². The van der Waals surface area contributed by atoms with Gasteiger partial charge in [0.05, 0.1) is 0 Å². The lowest BCUT2D eigenvalue weighted by Crippen LogP contribution is -2.47. The van der Waals surface area contributed by atoms with Gasteiger partial charge in [-0.2, -0.15) is 0 Å². The second kappa shape index (κ2) is 7.21. The van der Waals surface area contributed by atoms with Crippen LogP contribution in [0.15, 0.2) is 60.8 Å². The number of rotatable bonds is 5. The van der Waals surface area contributed by atoms with E-state index in [-0.39, 0.29) is 11.8 Å². The van der Waals surface area contributed by atoms with Gasteiger partial charge in [0.15, 0.2) is 0 Å². The molecule has 0 aliphatic carbocycles. The molecule has 2 N–H and O–H groups in total. The third-order valence-corrected chi connectivity index (χ3v) is 4.18. The number of nitrogens with one attached hydrogen (secondary N) is 2. The average Bonchev–Trinajstić information content (AvgIpc) is 3.04. The summed E-state index contributed by atoms with van der Waals surface area (Å²) in [6, 6.07) is 16.2. The minimum absolute atomic E-state index is 0.130. The Labute approximate surface area is 146 Å². The molecule has 1 unspecified atom stereocenters. The van der Waals surface area contributed by atoms with Crippen molar-refractivity contribution in [3.63, 3.8) is 0 Å². The molecule has 2 amide bonds.